The normalized spacial score (nSPS) is 11.9. The molecule has 1 aromatic heterocycles. The summed E-state index contributed by atoms with van der Waals surface area (Å²) >= 11 is 0. The Morgan fingerprint density at radius 3 is 2.33 bits per heavy atom. The van der Waals surface area contributed by atoms with E-state index in [4.69, 9.17) is 0 Å². The summed E-state index contributed by atoms with van der Waals surface area (Å²) in [6.07, 6.45) is -3.32. The number of alkyl halides is 3. The minimum atomic E-state index is -4.42. The van der Waals surface area contributed by atoms with Gasteiger partial charge in [0.2, 0.25) is 5.95 Å². The number of hydrazone groups is 1. The number of nitrogens with one attached hydrogen (secondary N) is 1. The van der Waals surface area contributed by atoms with Crippen molar-refractivity contribution in [2.75, 3.05) is 5.43 Å². The SMILES string of the molecule is Cc1cc(C)nc(N/N=C/c2ccccc2C(F)(F)F)n1. The molecule has 0 aliphatic rings. The molecule has 1 N–H and O–H groups in total. The first kappa shape index (κ1) is 15.0. The van der Waals surface area contributed by atoms with E-state index in [1.807, 2.05) is 0 Å². The molecule has 2 aromatic rings. The zero-order valence-electron chi connectivity index (χ0n) is 11.4. The van der Waals surface area contributed by atoms with Crippen LogP contribution >= 0.6 is 0 Å². The Morgan fingerprint density at radius 1 is 1.10 bits per heavy atom. The maximum atomic E-state index is 12.8. The van der Waals surface area contributed by atoms with Crippen molar-refractivity contribution in [3.05, 3.63) is 52.8 Å². The van der Waals surface area contributed by atoms with E-state index in [0.717, 1.165) is 23.7 Å². The summed E-state index contributed by atoms with van der Waals surface area (Å²) in [6.45, 7) is 3.59. The van der Waals surface area contributed by atoms with Gasteiger partial charge < -0.3 is 0 Å². The molecule has 2 rings (SSSR count). The molecule has 0 aliphatic carbocycles. The second-order valence-corrected chi connectivity index (χ2v) is 4.43. The van der Waals surface area contributed by atoms with Gasteiger partial charge in [-0.15, -0.1) is 0 Å². The molecule has 110 valence electrons. The van der Waals surface area contributed by atoms with Gasteiger partial charge in [-0.1, -0.05) is 18.2 Å². The minimum absolute atomic E-state index is 0.0260. The molecular weight excluding hydrogens is 281 g/mol. The molecule has 0 unspecified atom stereocenters. The van der Waals surface area contributed by atoms with E-state index in [1.165, 1.54) is 18.2 Å². The number of rotatable bonds is 3. The molecular formula is C14H13F3N4. The van der Waals surface area contributed by atoms with Crippen LogP contribution in [0.3, 0.4) is 0 Å². The molecule has 0 bridgehead atoms. The number of hydrogen-bond acceptors (Lipinski definition) is 4. The number of anilines is 1. The Bertz CT molecular complexity index is 645. The van der Waals surface area contributed by atoms with E-state index >= 15 is 0 Å². The average molecular weight is 294 g/mol. The number of hydrogen-bond donors (Lipinski definition) is 1. The summed E-state index contributed by atoms with van der Waals surface area (Å²) in [5.41, 5.74) is 3.26. The smallest absolute Gasteiger partial charge is 0.245 e. The second kappa shape index (κ2) is 5.90. The molecule has 0 aliphatic heterocycles. The third-order valence-electron chi connectivity index (χ3n) is 2.62. The summed E-state index contributed by atoms with van der Waals surface area (Å²) in [7, 11) is 0. The monoisotopic (exact) mass is 294 g/mol. The quantitative estimate of drug-likeness (QED) is 0.695. The standard InChI is InChI=1S/C14H13F3N4/c1-9-7-10(2)20-13(19-9)21-18-8-11-5-3-4-6-12(11)14(15,16)17/h3-8H,1-2H3,(H,19,20,21)/b18-8+. The first-order valence-electron chi connectivity index (χ1n) is 6.14. The summed E-state index contributed by atoms with van der Waals surface area (Å²) in [5.74, 6) is 0.244. The average Bonchev–Trinajstić information content (AvgIpc) is 2.37. The van der Waals surface area contributed by atoms with Gasteiger partial charge in [0.15, 0.2) is 0 Å². The van der Waals surface area contributed by atoms with Gasteiger partial charge in [-0.05, 0) is 26.0 Å². The summed E-state index contributed by atoms with van der Waals surface area (Å²) < 4.78 is 38.4. The van der Waals surface area contributed by atoms with Gasteiger partial charge in [0.1, 0.15) is 0 Å². The fraction of sp³-hybridized carbons (Fsp3) is 0.214. The molecule has 0 amide bonds. The predicted octanol–water partition coefficient (Wildman–Crippen LogP) is 3.56. The molecule has 1 aromatic carbocycles. The van der Waals surface area contributed by atoms with Crippen molar-refractivity contribution in [1.82, 2.24) is 9.97 Å². The van der Waals surface area contributed by atoms with Crippen molar-refractivity contribution in [2.45, 2.75) is 20.0 Å². The van der Waals surface area contributed by atoms with Gasteiger partial charge in [0.25, 0.3) is 0 Å². The van der Waals surface area contributed by atoms with Crippen molar-refractivity contribution in [2.24, 2.45) is 5.10 Å². The molecule has 7 heteroatoms. The zero-order chi connectivity index (χ0) is 15.5. The fourth-order valence-electron chi connectivity index (χ4n) is 1.80. The van der Waals surface area contributed by atoms with Crippen LogP contribution in [0.15, 0.2) is 35.4 Å². The first-order valence-corrected chi connectivity index (χ1v) is 6.14. The maximum absolute atomic E-state index is 12.8. The largest absolute Gasteiger partial charge is 0.417 e. The Kier molecular flexibility index (Phi) is 4.21. The first-order chi connectivity index (χ1) is 9.86. The molecule has 0 saturated heterocycles. The molecule has 1 heterocycles. The summed E-state index contributed by atoms with van der Waals surface area (Å²) in [5, 5.41) is 3.77. The lowest BCUT2D eigenvalue weighted by molar-refractivity contribution is -0.137. The summed E-state index contributed by atoms with van der Waals surface area (Å²) in [6, 6.07) is 6.99. The van der Waals surface area contributed by atoms with Crippen LogP contribution in [0.1, 0.15) is 22.5 Å². The van der Waals surface area contributed by atoms with Crippen LogP contribution in [0.2, 0.25) is 0 Å². The highest BCUT2D eigenvalue weighted by molar-refractivity contribution is 5.82. The van der Waals surface area contributed by atoms with Gasteiger partial charge in [0.05, 0.1) is 11.8 Å². The summed E-state index contributed by atoms with van der Waals surface area (Å²) in [4.78, 5) is 8.16. The van der Waals surface area contributed by atoms with Crippen LogP contribution in [0.25, 0.3) is 0 Å². The lowest BCUT2D eigenvalue weighted by Crippen LogP contribution is -2.09. The van der Waals surface area contributed by atoms with E-state index < -0.39 is 11.7 Å². The molecule has 0 radical (unpaired) electrons. The van der Waals surface area contributed by atoms with Crippen LogP contribution in [-0.2, 0) is 6.18 Å². The number of aromatic nitrogens is 2. The number of halogens is 3. The van der Waals surface area contributed by atoms with Gasteiger partial charge >= 0.3 is 6.18 Å². The molecule has 0 saturated carbocycles. The highest BCUT2D eigenvalue weighted by Gasteiger charge is 2.32. The zero-order valence-corrected chi connectivity index (χ0v) is 11.4. The van der Waals surface area contributed by atoms with E-state index in [1.54, 1.807) is 19.9 Å². The molecule has 0 spiro atoms. The van der Waals surface area contributed by atoms with E-state index in [-0.39, 0.29) is 11.5 Å². The molecule has 0 fully saturated rings. The molecule has 21 heavy (non-hydrogen) atoms. The number of aryl methyl sites for hydroxylation is 2. The van der Waals surface area contributed by atoms with Crippen LogP contribution < -0.4 is 5.43 Å². The topological polar surface area (TPSA) is 50.2 Å². The Morgan fingerprint density at radius 2 is 1.71 bits per heavy atom. The van der Waals surface area contributed by atoms with Crippen LogP contribution in [-0.4, -0.2) is 16.2 Å². The van der Waals surface area contributed by atoms with E-state index in [2.05, 4.69) is 20.5 Å². The van der Waals surface area contributed by atoms with Gasteiger partial charge in [-0.3, -0.25) is 0 Å². The lowest BCUT2D eigenvalue weighted by atomic mass is 10.1. The molecule has 4 nitrogen and oxygen atoms in total. The Hall–Kier alpha value is -2.44. The van der Waals surface area contributed by atoms with E-state index in [0.29, 0.717) is 0 Å². The fourth-order valence-corrected chi connectivity index (χ4v) is 1.80. The van der Waals surface area contributed by atoms with Crippen LogP contribution in [0, 0.1) is 13.8 Å². The lowest BCUT2D eigenvalue weighted by Gasteiger charge is -2.09. The van der Waals surface area contributed by atoms with Crippen molar-refractivity contribution in [3.63, 3.8) is 0 Å². The number of benzene rings is 1. The van der Waals surface area contributed by atoms with E-state index in [9.17, 15) is 13.2 Å². The second-order valence-electron chi connectivity index (χ2n) is 4.43. The number of nitrogens with zero attached hydrogens (tertiary/aromatic N) is 3. The van der Waals surface area contributed by atoms with Crippen LogP contribution in [0.5, 0.6) is 0 Å². The van der Waals surface area contributed by atoms with Gasteiger partial charge in [-0.25, -0.2) is 15.4 Å². The minimum Gasteiger partial charge on any atom is -0.245 e. The third kappa shape index (κ3) is 4.01. The van der Waals surface area contributed by atoms with Gasteiger partial charge in [0, 0.05) is 17.0 Å². The van der Waals surface area contributed by atoms with Crippen LogP contribution in [0.4, 0.5) is 19.1 Å². The Labute approximate surface area is 119 Å². The van der Waals surface area contributed by atoms with Crippen molar-refractivity contribution >= 4 is 12.2 Å². The molecule has 0 atom stereocenters. The third-order valence-corrected chi connectivity index (χ3v) is 2.62. The maximum Gasteiger partial charge on any atom is 0.417 e. The van der Waals surface area contributed by atoms with Crippen molar-refractivity contribution < 1.29 is 13.2 Å². The highest BCUT2D eigenvalue weighted by atomic mass is 19.4. The van der Waals surface area contributed by atoms with Gasteiger partial charge in [-0.2, -0.15) is 18.3 Å². The van der Waals surface area contributed by atoms with Crippen molar-refractivity contribution in [1.29, 1.82) is 0 Å². The Balaban J connectivity index is 2.19. The van der Waals surface area contributed by atoms with Crippen molar-refractivity contribution in [3.8, 4) is 0 Å². The highest BCUT2D eigenvalue weighted by Crippen LogP contribution is 2.31. The predicted molar refractivity (Wildman–Crippen MR) is 74.2 cm³/mol.